The Morgan fingerprint density at radius 2 is 1.86 bits per heavy atom. The fraction of sp³-hybridized carbons (Fsp3) is 0.133. The smallest absolute Gasteiger partial charge is 0.271 e. The fourth-order valence-corrected chi connectivity index (χ4v) is 1.92. The van der Waals surface area contributed by atoms with Gasteiger partial charge in [0, 0.05) is 16.6 Å². The summed E-state index contributed by atoms with van der Waals surface area (Å²) in [6.45, 7) is 0.567. The standard InChI is InChI=1S/C15H14BrN3O2.ClH/c16-14-3-1-12(2-4-14)11-17-18-15(21)13-5-7-19(8-6-13)9-10-20;/h1-8,11,20H,9-10H2;1H/p+1. The monoisotopic (exact) mass is 384 g/mol. The number of halogens is 2. The van der Waals surface area contributed by atoms with Crippen molar-refractivity contribution in [2.45, 2.75) is 6.54 Å². The van der Waals surface area contributed by atoms with Crippen LogP contribution in [0.4, 0.5) is 0 Å². The summed E-state index contributed by atoms with van der Waals surface area (Å²) >= 11 is 3.35. The molecule has 0 aliphatic rings. The summed E-state index contributed by atoms with van der Waals surface area (Å²) in [5.74, 6) is -0.278. The van der Waals surface area contributed by atoms with Gasteiger partial charge in [-0.2, -0.15) is 5.10 Å². The van der Waals surface area contributed by atoms with E-state index >= 15 is 0 Å². The summed E-state index contributed by atoms with van der Waals surface area (Å²) in [5.41, 5.74) is 3.88. The molecule has 2 rings (SSSR count). The first-order valence-electron chi connectivity index (χ1n) is 6.38. The highest BCUT2D eigenvalue weighted by Crippen LogP contribution is 2.08. The normalized spacial score (nSPS) is 10.3. The van der Waals surface area contributed by atoms with Gasteiger partial charge in [0.1, 0.15) is 6.61 Å². The summed E-state index contributed by atoms with van der Waals surface area (Å²) in [6.07, 6.45) is 5.06. The lowest BCUT2D eigenvalue weighted by atomic mass is 10.2. The van der Waals surface area contributed by atoms with Gasteiger partial charge in [0.05, 0.1) is 11.8 Å². The molecule has 0 saturated carbocycles. The molecule has 0 bridgehead atoms. The van der Waals surface area contributed by atoms with Gasteiger partial charge < -0.3 is 5.11 Å². The number of carbonyl (C=O) groups is 1. The Bertz CT molecular complexity index is 630. The van der Waals surface area contributed by atoms with Gasteiger partial charge in [-0.1, -0.05) is 28.1 Å². The molecule has 1 heterocycles. The molecule has 1 amide bonds. The molecule has 2 aromatic rings. The van der Waals surface area contributed by atoms with Crippen LogP contribution in [0.5, 0.6) is 0 Å². The van der Waals surface area contributed by atoms with Gasteiger partial charge in [-0.05, 0) is 17.7 Å². The molecule has 0 spiro atoms. The molecule has 0 unspecified atom stereocenters. The minimum absolute atomic E-state index is 0. The summed E-state index contributed by atoms with van der Waals surface area (Å²) in [7, 11) is 0. The van der Waals surface area contributed by atoms with Crippen molar-refractivity contribution < 1.29 is 14.5 Å². The fourth-order valence-electron chi connectivity index (χ4n) is 1.65. The van der Waals surface area contributed by atoms with Crippen LogP contribution in [-0.2, 0) is 6.54 Å². The molecule has 116 valence electrons. The Morgan fingerprint density at radius 1 is 1.23 bits per heavy atom. The Kier molecular flexibility index (Phi) is 7.73. The number of aliphatic hydroxyl groups excluding tert-OH is 1. The zero-order valence-corrected chi connectivity index (χ0v) is 14.0. The summed E-state index contributed by atoms with van der Waals surface area (Å²) in [4.78, 5) is 11.9. The molecule has 1 aromatic carbocycles. The summed E-state index contributed by atoms with van der Waals surface area (Å²) in [6, 6.07) is 10.9. The minimum Gasteiger partial charge on any atom is -0.390 e. The maximum absolute atomic E-state index is 11.9. The lowest BCUT2D eigenvalue weighted by Gasteiger charge is -1.99. The van der Waals surface area contributed by atoms with Crippen molar-refractivity contribution in [1.82, 2.24) is 5.43 Å². The van der Waals surface area contributed by atoms with Crippen LogP contribution in [-0.4, -0.2) is 23.8 Å². The van der Waals surface area contributed by atoms with Crippen LogP contribution in [0, 0.1) is 0 Å². The van der Waals surface area contributed by atoms with E-state index in [1.807, 2.05) is 24.3 Å². The Morgan fingerprint density at radius 3 is 2.45 bits per heavy atom. The predicted octanol–water partition coefficient (Wildman–Crippen LogP) is 1.91. The maximum atomic E-state index is 11.9. The number of pyridine rings is 1. The van der Waals surface area contributed by atoms with E-state index in [0.717, 1.165) is 10.0 Å². The molecule has 22 heavy (non-hydrogen) atoms. The Balaban J connectivity index is 0.00000242. The van der Waals surface area contributed by atoms with Crippen LogP contribution in [0.1, 0.15) is 15.9 Å². The van der Waals surface area contributed by atoms with Crippen LogP contribution < -0.4 is 9.99 Å². The minimum atomic E-state index is -0.278. The Hall–Kier alpha value is -1.76. The topological polar surface area (TPSA) is 65.6 Å². The van der Waals surface area contributed by atoms with Gasteiger partial charge in [0.15, 0.2) is 18.9 Å². The van der Waals surface area contributed by atoms with Crippen molar-refractivity contribution in [3.8, 4) is 0 Å². The predicted molar refractivity (Wildman–Crippen MR) is 90.2 cm³/mol. The average Bonchev–Trinajstić information content (AvgIpc) is 2.50. The molecule has 0 aliphatic heterocycles. The average molecular weight is 386 g/mol. The maximum Gasteiger partial charge on any atom is 0.271 e. The van der Waals surface area contributed by atoms with Crippen molar-refractivity contribution in [1.29, 1.82) is 0 Å². The first-order valence-corrected chi connectivity index (χ1v) is 7.17. The number of amides is 1. The van der Waals surface area contributed by atoms with Crippen molar-refractivity contribution in [2.24, 2.45) is 5.10 Å². The number of hydrazone groups is 1. The van der Waals surface area contributed by atoms with E-state index in [0.29, 0.717) is 12.1 Å². The number of rotatable bonds is 5. The molecular formula is C15H16BrClN3O2+. The molecule has 2 N–H and O–H groups in total. The van der Waals surface area contributed by atoms with Gasteiger partial charge >= 0.3 is 0 Å². The number of aliphatic hydroxyl groups is 1. The molecule has 1 aromatic heterocycles. The number of carbonyl (C=O) groups excluding carboxylic acids is 1. The summed E-state index contributed by atoms with van der Waals surface area (Å²) < 4.78 is 2.78. The highest BCUT2D eigenvalue weighted by Gasteiger charge is 2.06. The molecular weight excluding hydrogens is 370 g/mol. The van der Waals surface area contributed by atoms with Crippen molar-refractivity contribution >= 4 is 40.5 Å². The molecule has 0 fully saturated rings. The SMILES string of the molecule is Cl.O=C(N/N=C/c1ccc(Br)cc1)c1cc[n+](CCO)cc1. The summed E-state index contributed by atoms with van der Waals surface area (Å²) in [5, 5.41) is 12.7. The van der Waals surface area contributed by atoms with Crippen molar-refractivity contribution in [3.63, 3.8) is 0 Å². The van der Waals surface area contributed by atoms with E-state index in [9.17, 15) is 4.79 Å². The Labute approximate surface area is 143 Å². The highest BCUT2D eigenvalue weighted by molar-refractivity contribution is 9.10. The second-order valence-electron chi connectivity index (χ2n) is 4.30. The van der Waals surface area contributed by atoms with Crippen LogP contribution in [0.3, 0.4) is 0 Å². The van der Waals surface area contributed by atoms with Crippen molar-refractivity contribution in [3.05, 3.63) is 64.4 Å². The van der Waals surface area contributed by atoms with Crippen molar-refractivity contribution in [2.75, 3.05) is 6.61 Å². The number of hydrogen-bond donors (Lipinski definition) is 2. The van der Waals surface area contributed by atoms with Gasteiger partial charge in [0.2, 0.25) is 0 Å². The van der Waals surface area contributed by atoms with E-state index < -0.39 is 0 Å². The molecule has 0 radical (unpaired) electrons. The third kappa shape index (κ3) is 5.55. The number of nitrogens with one attached hydrogen (secondary N) is 1. The molecule has 0 atom stereocenters. The molecule has 0 saturated heterocycles. The van der Waals surface area contributed by atoms with Crippen LogP contribution in [0.2, 0.25) is 0 Å². The lowest BCUT2D eigenvalue weighted by Crippen LogP contribution is -2.35. The van der Waals surface area contributed by atoms with Gasteiger partial charge in [-0.15, -0.1) is 12.4 Å². The third-order valence-corrected chi connectivity index (χ3v) is 3.29. The number of hydrogen-bond acceptors (Lipinski definition) is 3. The number of nitrogens with zero attached hydrogens (tertiary/aromatic N) is 2. The van der Waals surface area contributed by atoms with Crippen LogP contribution in [0.25, 0.3) is 0 Å². The van der Waals surface area contributed by atoms with Gasteiger partial charge in [-0.3, -0.25) is 4.79 Å². The highest BCUT2D eigenvalue weighted by atomic mass is 79.9. The molecule has 0 aliphatic carbocycles. The van der Waals surface area contributed by atoms with E-state index in [2.05, 4.69) is 26.5 Å². The second-order valence-corrected chi connectivity index (χ2v) is 5.21. The van der Waals surface area contributed by atoms with E-state index in [-0.39, 0.29) is 24.9 Å². The van der Waals surface area contributed by atoms with E-state index in [1.54, 1.807) is 35.3 Å². The first-order chi connectivity index (χ1) is 10.2. The van der Waals surface area contributed by atoms with Crippen LogP contribution in [0.15, 0.2) is 58.4 Å². The first kappa shape index (κ1) is 18.3. The quantitative estimate of drug-likeness (QED) is 0.469. The second kappa shape index (κ2) is 9.30. The molecule has 5 nitrogen and oxygen atoms in total. The largest absolute Gasteiger partial charge is 0.390 e. The lowest BCUT2D eigenvalue weighted by molar-refractivity contribution is -0.698. The third-order valence-electron chi connectivity index (χ3n) is 2.76. The van der Waals surface area contributed by atoms with Gasteiger partial charge in [-0.25, -0.2) is 9.99 Å². The van der Waals surface area contributed by atoms with Crippen LogP contribution >= 0.6 is 28.3 Å². The number of benzene rings is 1. The zero-order chi connectivity index (χ0) is 15.1. The van der Waals surface area contributed by atoms with E-state index in [1.165, 1.54) is 0 Å². The zero-order valence-electron chi connectivity index (χ0n) is 11.6. The van der Waals surface area contributed by atoms with Gasteiger partial charge in [0.25, 0.3) is 5.91 Å². The number of aromatic nitrogens is 1. The molecule has 7 heteroatoms. The van der Waals surface area contributed by atoms with E-state index in [4.69, 9.17) is 5.11 Å².